The van der Waals surface area contributed by atoms with Crippen molar-refractivity contribution >= 4 is 24.7 Å². The van der Waals surface area contributed by atoms with Gasteiger partial charge < -0.3 is 24.7 Å². The first-order valence-corrected chi connectivity index (χ1v) is 9.30. The van der Waals surface area contributed by atoms with Crippen LogP contribution in [-0.4, -0.2) is 24.4 Å². The molecule has 2 aromatic heterocycles. The number of hydrogen-bond acceptors (Lipinski definition) is 6. The molecule has 2 unspecified atom stereocenters. The average molecular weight is 385 g/mol. The Hall–Kier alpha value is -1.48. The van der Waals surface area contributed by atoms with Crippen molar-refractivity contribution in [3.8, 4) is 0 Å². The summed E-state index contributed by atoms with van der Waals surface area (Å²) in [6.45, 7) is 0.385. The fraction of sp³-hybridized carbons (Fsp3) is 0.267. The molecule has 0 saturated carbocycles. The van der Waals surface area contributed by atoms with E-state index in [9.17, 15) is 19.1 Å². The number of aromatic amines is 1. The summed E-state index contributed by atoms with van der Waals surface area (Å²) in [5.74, 6) is -0.0131. The summed E-state index contributed by atoms with van der Waals surface area (Å²) < 4.78 is 13.4. The zero-order valence-electron chi connectivity index (χ0n) is 14.2. The molecule has 3 aromatic rings. The molecule has 2 atom stereocenters. The van der Waals surface area contributed by atoms with Crippen LogP contribution in [0.2, 0.25) is 0 Å². The summed E-state index contributed by atoms with van der Waals surface area (Å²) >= 11 is 0. The van der Waals surface area contributed by atoms with E-state index in [1.54, 1.807) is 34.9 Å². The number of rotatable bonds is 6. The molecule has 0 aliphatic heterocycles. The number of hydrogen-bond donors (Lipinski definition) is 3. The van der Waals surface area contributed by atoms with Gasteiger partial charge in [-0.05, 0) is 18.4 Å². The Balaban J connectivity index is 0.00000243. The molecular formula is C15H17N5NaO4P. The first-order chi connectivity index (χ1) is 11.9. The molecule has 0 radical (unpaired) electrons. The summed E-state index contributed by atoms with van der Waals surface area (Å²) in [6, 6.07) is 8.55. The number of nitrogens with two attached hydrogens (primary N) is 1. The first kappa shape index (κ1) is 20.8. The van der Waals surface area contributed by atoms with E-state index in [4.69, 9.17) is 5.73 Å². The third-order valence-corrected chi connectivity index (χ3v) is 5.29. The second kappa shape index (κ2) is 8.47. The van der Waals surface area contributed by atoms with Crippen LogP contribution >= 0.6 is 7.60 Å². The zero-order chi connectivity index (χ0) is 18.0. The molecule has 2 heterocycles. The van der Waals surface area contributed by atoms with Gasteiger partial charge in [-0.3, -0.25) is 9.78 Å². The Bertz CT molecular complexity index is 985. The Labute approximate surface area is 171 Å². The number of nitrogens with one attached hydrogen (secondary N) is 1. The van der Waals surface area contributed by atoms with Crippen molar-refractivity contribution in [3.05, 3.63) is 52.6 Å². The predicted molar refractivity (Wildman–Crippen MR) is 90.8 cm³/mol. The van der Waals surface area contributed by atoms with Gasteiger partial charge in [0.25, 0.3) is 5.56 Å². The number of aryl methyl sites for hydroxylation is 1. The fourth-order valence-electron chi connectivity index (χ4n) is 2.78. The largest absolute Gasteiger partial charge is 1.00 e. The van der Waals surface area contributed by atoms with Crippen molar-refractivity contribution < 1.29 is 43.9 Å². The number of H-pyrrole nitrogens is 1. The molecule has 0 aliphatic rings. The summed E-state index contributed by atoms with van der Waals surface area (Å²) in [4.78, 5) is 43.4. The summed E-state index contributed by atoms with van der Waals surface area (Å²) in [7, 11) is -4.53. The maximum absolute atomic E-state index is 11.7. The van der Waals surface area contributed by atoms with E-state index in [1.807, 2.05) is 0 Å². The molecule has 132 valence electrons. The van der Waals surface area contributed by atoms with E-state index in [1.165, 1.54) is 6.33 Å². The van der Waals surface area contributed by atoms with Gasteiger partial charge in [0, 0.05) is 12.2 Å². The van der Waals surface area contributed by atoms with Crippen LogP contribution in [0.5, 0.6) is 0 Å². The Morgan fingerprint density at radius 1 is 1.35 bits per heavy atom. The van der Waals surface area contributed by atoms with Crippen LogP contribution in [0.4, 0.5) is 5.95 Å². The van der Waals surface area contributed by atoms with Gasteiger partial charge >= 0.3 is 29.6 Å². The van der Waals surface area contributed by atoms with Crippen LogP contribution < -0.4 is 45.7 Å². The molecule has 0 amide bonds. The smallest absolute Gasteiger partial charge is 0.778 e. The summed E-state index contributed by atoms with van der Waals surface area (Å²) in [6.07, 6.45) is 2.12. The van der Waals surface area contributed by atoms with Crippen LogP contribution in [0.1, 0.15) is 24.1 Å². The molecule has 11 heteroatoms. The molecule has 4 N–H and O–H groups in total. The number of anilines is 1. The van der Waals surface area contributed by atoms with E-state index in [-0.39, 0.29) is 47.4 Å². The van der Waals surface area contributed by atoms with E-state index in [2.05, 4.69) is 15.0 Å². The number of fused-ring (bicyclic) bond motifs is 1. The van der Waals surface area contributed by atoms with E-state index in [0.29, 0.717) is 24.2 Å². The number of nitrogen functional groups attached to an aromatic ring is 1. The molecule has 0 fully saturated rings. The molecule has 0 aliphatic carbocycles. The Kier molecular flexibility index (Phi) is 6.79. The molecule has 9 nitrogen and oxygen atoms in total. The van der Waals surface area contributed by atoms with Crippen LogP contribution in [-0.2, 0) is 11.1 Å². The average Bonchev–Trinajstić information content (AvgIpc) is 2.94. The molecule has 3 rings (SSSR count). The number of aromatic nitrogens is 4. The number of nitrogens with zero attached hydrogens (tertiary/aromatic N) is 3. The summed E-state index contributed by atoms with van der Waals surface area (Å²) in [5, 5.41) is 0. The Morgan fingerprint density at radius 2 is 2.04 bits per heavy atom. The Morgan fingerprint density at radius 3 is 2.69 bits per heavy atom. The third-order valence-electron chi connectivity index (χ3n) is 3.95. The summed E-state index contributed by atoms with van der Waals surface area (Å²) in [5.41, 5.74) is 5.19. The first-order valence-electron chi connectivity index (χ1n) is 7.65. The van der Waals surface area contributed by atoms with Gasteiger partial charge in [0.1, 0.15) is 7.60 Å². The van der Waals surface area contributed by atoms with Crippen LogP contribution in [0.15, 0.2) is 41.5 Å². The topological polar surface area (TPSA) is 150 Å². The van der Waals surface area contributed by atoms with E-state index >= 15 is 0 Å². The van der Waals surface area contributed by atoms with Gasteiger partial charge in [0.15, 0.2) is 11.2 Å². The van der Waals surface area contributed by atoms with Gasteiger partial charge in [-0.2, -0.15) is 4.98 Å². The van der Waals surface area contributed by atoms with Crippen molar-refractivity contribution in [1.29, 1.82) is 0 Å². The molecule has 1 aromatic carbocycles. The van der Waals surface area contributed by atoms with Crippen molar-refractivity contribution in [2.75, 3.05) is 5.73 Å². The van der Waals surface area contributed by atoms with Gasteiger partial charge in [0.2, 0.25) is 5.95 Å². The minimum absolute atomic E-state index is 0. The van der Waals surface area contributed by atoms with Crippen LogP contribution in [0, 0.1) is 0 Å². The number of benzene rings is 1. The van der Waals surface area contributed by atoms with Gasteiger partial charge in [-0.1, -0.05) is 30.3 Å². The number of imidazole rings is 1. The van der Waals surface area contributed by atoms with Crippen molar-refractivity contribution in [2.45, 2.75) is 25.0 Å². The molecule has 0 saturated heterocycles. The fourth-order valence-corrected chi connectivity index (χ4v) is 3.84. The van der Waals surface area contributed by atoms with Crippen LogP contribution in [0.25, 0.3) is 11.2 Å². The van der Waals surface area contributed by atoms with Gasteiger partial charge in [0.05, 0.1) is 6.33 Å². The standard InChI is InChI=1S/C15H18N5O4P.Na/c16-15-18-13-12(14(21)19-15)17-9-20(13)8-4-7-11(25(22,23)24)10-5-2-1-3-6-10;/h1-3,5-6,9,11H,4,7-8H2,(H2,22,23,24)(H3,16,18,19,21);/q;+1/p-1. The maximum Gasteiger partial charge on any atom is 1.00 e. The quantitative estimate of drug-likeness (QED) is 0.321. The minimum atomic E-state index is -4.53. The molecule has 0 bridgehead atoms. The van der Waals surface area contributed by atoms with Crippen molar-refractivity contribution in [1.82, 2.24) is 19.5 Å². The SMILES string of the molecule is Nc1nc2c(ncn2CCCC(c2ccccc2)P(=O)([O-])O)c(=O)[nH]1.[Na+]. The van der Waals surface area contributed by atoms with Gasteiger partial charge in [-0.25, -0.2) is 4.98 Å². The van der Waals surface area contributed by atoms with E-state index < -0.39 is 18.8 Å². The second-order valence-electron chi connectivity index (χ2n) is 5.69. The second-order valence-corrected chi connectivity index (χ2v) is 7.45. The predicted octanol–water partition coefficient (Wildman–Crippen LogP) is -2.23. The van der Waals surface area contributed by atoms with Crippen molar-refractivity contribution in [2.24, 2.45) is 0 Å². The molecule has 0 spiro atoms. The van der Waals surface area contributed by atoms with Crippen LogP contribution in [0.3, 0.4) is 0 Å². The normalized spacial score (nSPS) is 14.5. The van der Waals surface area contributed by atoms with Gasteiger partial charge in [-0.15, -0.1) is 0 Å². The minimum Gasteiger partial charge on any atom is -0.778 e. The zero-order valence-corrected chi connectivity index (χ0v) is 17.1. The monoisotopic (exact) mass is 385 g/mol. The van der Waals surface area contributed by atoms with Crippen molar-refractivity contribution in [3.63, 3.8) is 0 Å². The third kappa shape index (κ3) is 4.62. The molecule has 26 heavy (non-hydrogen) atoms. The van der Waals surface area contributed by atoms with E-state index in [0.717, 1.165) is 0 Å². The maximum atomic E-state index is 11.7. The molecular weight excluding hydrogens is 368 g/mol.